The lowest BCUT2D eigenvalue weighted by atomic mass is 10.2. The van der Waals surface area contributed by atoms with E-state index in [0.29, 0.717) is 21.5 Å². The predicted octanol–water partition coefficient (Wildman–Crippen LogP) is 2.95. The van der Waals surface area contributed by atoms with Crippen molar-refractivity contribution in [2.75, 3.05) is 13.7 Å². The smallest absolute Gasteiger partial charge is 0.294 e. The topological polar surface area (TPSA) is 112 Å². The van der Waals surface area contributed by atoms with Crippen LogP contribution in [0.5, 0.6) is 11.5 Å². The van der Waals surface area contributed by atoms with Crippen LogP contribution in [0.15, 0.2) is 45.9 Å². The molecule has 1 aliphatic heterocycles. The zero-order valence-corrected chi connectivity index (χ0v) is 17.7. The molecule has 3 rings (SSSR count). The normalized spacial score (nSPS) is 15.1. The molecule has 0 radical (unpaired) electrons. The molecule has 0 spiro atoms. The van der Waals surface area contributed by atoms with Gasteiger partial charge < -0.3 is 15.2 Å². The van der Waals surface area contributed by atoms with Crippen LogP contribution in [-0.4, -0.2) is 40.6 Å². The minimum absolute atomic E-state index is 0.187. The van der Waals surface area contributed by atoms with Crippen molar-refractivity contribution in [2.45, 2.75) is 6.61 Å². The number of benzene rings is 1. The highest BCUT2D eigenvalue weighted by Gasteiger charge is 2.35. The van der Waals surface area contributed by atoms with E-state index < -0.39 is 23.6 Å². The summed E-state index contributed by atoms with van der Waals surface area (Å²) in [5.74, 6) is -0.396. The van der Waals surface area contributed by atoms with Crippen LogP contribution < -0.4 is 15.2 Å². The molecule has 1 aliphatic rings. The van der Waals surface area contributed by atoms with Gasteiger partial charge in [-0.25, -0.2) is 0 Å². The second-order valence-corrected chi connectivity index (χ2v) is 7.73. The summed E-state index contributed by atoms with van der Waals surface area (Å²) in [5.41, 5.74) is 6.46. The standard InChI is InChI=1S/C19H16BrN3O5S/c1-27-14-7-11(8-15-18(25)23(9-16(21)24)19(26)29-15)6-13(20)17(14)28-10-12-4-2-3-5-22-12/h2-8H,9-10H2,1H3,(H2,21,24)/b15-8-. The van der Waals surface area contributed by atoms with E-state index in [1.807, 2.05) is 18.2 Å². The van der Waals surface area contributed by atoms with E-state index in [1.165, 1.54) is 7.11 Å². The highest BCUT2D eigenvalue weighted by Crippen LogP contribution is 2.39. The Morgan fingerprint density at radius 2 is 2.14 bits per heavy atom. The number of rotatable bonds is 7. The third kappa shape index (κ3) is 4.96. The Balaban J connectivity index is 1.83. The third-order valence-corrected chi connectivity index (χ3v) is 5.32. The van der Waals surface area contributed by atoms with Crippen LogP contribution in [0.2, 0.25) is 0 Å². The van der Waals surface area contributed by atoms with Crippen LogP contribution in [0.4, 0.5) is 4.79 Å². The number of carbonyl (C=O) groups is 3. The molecule has 1 aromatic carbocycles. The quantitative estimate of drug-likeness (QED) is 0.609. The molecule has 1 aromatic heterocycles. The van der Waals surface area contributed by atoms with E-state index in [1.54, 1.807) is 24.4 Å². The SMILES string of the molecule is COc1cc(/C=C2\SC(=O)N(CC(N)=O)C2=O)cc(Br)c1OCc1ccccn1. The van der Waals surface area contributed by atoms with Gasteiger partial charge in [0.25, 0.3) is 11.1 Å². The minimum Gasteiger partial charge on any atom is -0.493 e. The first-order valence-electron chi connectivity index (χ1n) is 8.33. The van der Waals surface area contributed by atoms with Gasteiger partial charge in [0.1, 0.15) is 13.2 Å². The van der Waals surface area contributed by atoms with Gasteiger partial charge in [0.2, 0.25) is 5.91 Å². The summed E-state index contributed by atoms with van der Waals surface area (Å²) >= 11 is 4.19. The second-order valence-electron chi connectivity index (χ2n) is 5.88. The van der Waals surface area contributed by atoms with Gasteiger partial charge in [0.05, 0.1) is 22.2 Å². The summed E-state index contributed by atoms with van der Waals surface area (Å²) in [6.45, 7) is -0.198. The van der Waals surface area contributed by atoms with Crippen molar-refractivity contribution >= 4 is 50.8 Å². The summed E-state index contributed by atoms with van der Waals surface area (Å²) in [7, 11) is 1.50. The average Bonchev–Trinajstić information content (AvgIpc) is 2.94. The Labute approximate surface area is 179 Å². The summed E-state index contributed by atoms with van der Waals surface area (Å²) in [6, 6.07) is 8.95. The van der Waals surface area contributed by atoms with Gasteiger partial charge in [-0.2, -0.15) is 0 Å². The van der Waals surface area contributed by atoms with E-state index in [2.05, 4.69) is 20.9 Å². The summed E-state index contributed by atoms with van der Waals surface area (Å²) < 4.78 is 11.8. The number of ether oxygens (including phenoxy) is 2. The highest BCUT2D eigenvalue weighted by atomic mass is 79.9. The number of methoxy groups -OCH3 is 1. The number of thioether (sulfide) groups is 1. The molecule has 0 atom stereocenters. The van der Waals surface area contributed by atoms with Crippen LogP contribution in [-0.2, 0) is 16.2 Å². The fourth-order valence-electron chi connectivity index (χ4n) is 2.54. The molecule has 1 saturated heterocycles. The lowest BCUT2D eigenvalue weighted by molar-refractivity contribution is -0.127. The van der Waals surface area contributed by atoms with Crippen molar-refractivity contribution in [1.82, 2.24) is 9.88 Å². The van der Waals surface area contributed by atoms with Crippen LogP contribution in [0, 0.1) is 0 Å². The Kier molecular flexibility index (Phi) is 6.55. The minimum atomic E-state index is -0.757. The number of amides is 3. The van der Waals surface area contributed by atoms with Crippen molar-refractivity contribution < 1.29 is 23.9 Å². The van der Waals surface area contributed by atoms with Gasteiger partial charge in [0, 0.05) is 6.20 Å². The molecule has 3 amide bonds. The van der Waals surface area contributed by atoms with E-state index in [4.69, 9.17) is 15.2 Å². The molecule has 8 nitrogen and oxygen atoms in total. The van der Waals surface area contributed by atoms with Gasteiger partial charge in [-0.1, -0.05) is 6.07 Å². The molecular formula is C19H16BrN3O5S. The number of carbonyl (C=O) groups excluding carboxylic acids is 3. The number of nitrogens with two attached hydrogens (primary N) is 1. The molecule has 0 aliphatic carbocycles. The fourth-order valence-corrected chi connectivity index (χ4v) is 3.95. The summed E-state index contributed by atoms with van der Waals surface area (Å²) in [5, 5.41) is -0.540. The number of hydrogen-bond acceptors (Lipinski definition) is 7. The Morgan fingerprint density at radius 3 is 2.79 bits per heavy atom. The zero-order chi connectivity index (χ0) is 21.0. The molecule has 1 fully saturated rings. The molecule has 0 bridgehead atoms. The molecule has 10 heteroatoms. The monoisotopic (exact) mass is 477 g/mol. The van der Waals surface area contributed by atoms with Crippen molar-refractivity contribution in [3.05, 3.63) is 57.2 Å². The van der Waals surface area contributed by atoms with Crippen molar-refractivity contribution in [1.29, 1.82) is 0 Å². The molecule has 2 aromatic rings. The molecule has 29 heavy (non-hydrogen) atoms. The Morgan fingerprint density at radius 1 is 1.34 bits per heavy atom. The van der Waals surface area contributed by atoms with E-state index >= 15 is 0 Å². The summed E-state index contributed by atoms with van der Waals surface area (Å²) in [6.07, 6.45) is 3.22. The first-order chi connectivity index (χ1) is 13.9. The molecule has 150 valence electrons. The number of aromatic nitrogens is 1. The molecule has 2 heterocycles. The molecule has 2 N–H and O–H groups in total. The summed E-state index contributed by atoms with van der Waals surface area (Å²) in [4.78, 5) is 40.6. The first-order valence-corrected chi connectivity index (χ1v) is 9.94. The van der Waals surface area contributed by atoms with E-state index in [9.17, 15) is 14.4 Å². The number of nitrogens with zero attached hydrogens (tertiary/aromatic N) is 2. The van der Waals surface area contributed by atoms with Crippen LogP contribution in [0.1, 0.15) is 11.3 Å². The third-order valence-electron chi connectivity index (χ3n) is 3.83. The molecule has 0 unspecified atom stereocenters. The Bertz CT molecular complexity index is 997. The number of imide groups is 1. The molecular weight excluding hydrogens is 462 g/mol. The number of pyridine rings is 1. The number of primary amides is 1. The van der Waals surface area contributed by atoms with Crippen LogP contribution in [0.25, 0.3) is 6.08 Å². The maximum Gasteiger partial charge on any atom is 0.294 e. The first kappa shape index (κ1) is 20.9. The highest BCUT2D eigenvalue weighted by molar-refractivity contribution is 9.10. The van der Waals surface area contributed by atoms with Gasteiger partial charge in [-0.3, -0.25) is 24.3 Å². The fraction of sp³-hybridized carbons (Fsp3) is 0.158. The van der Waals surface area contributed by atoms with Gasteiger partial charge >= 0.3 is 0 Å². The Hall–Kier alpha value is -2.85. The van der Waals surface area contributed by atoms with Gasteiger partial charge in [0.15, 0.2) is 11.5 Å². The largest absolute Gasteiger partial charge is 0.493 e. The van der Waals surface area contributed by atoms with E-state index in [-0.39, 0.29) is 11.5 Å². The van der Waals surface area contributed by atoms with Gasteiger partial charge in [-0.05, 0) is 63.6 Å². The lowest BCUT2D eigenvalue weighted by Gasteiger charge is -2.13. The van der Waals surface area contributed by atoms with Crippen molar-refractivity contribution in [3.8, 4) is 11.5 Å². The molecule has 0 saturated carbocycles. The van der Waals surface area contributed by atoms with Crippen molar-refractivity contribution in [3.63, 3.8) is 0 Å². The van der Waals surface area contributed by atoms with E-state index in [0.717, 1.165) is 22.4 Å². The maximum absolute atomic E-state index is 12.4. The van der Waals surface area contributed by atoms with Crippen LogP contribution >= 0.6 is 27.7 Å². The number of hydrogen-bond donors (Lipinski definition) is 1. The zero-order valence-electron chi connectivity index (χ0n) is 15.3. The number of halogens is 1. The van der Waals surface area contributed by atoms with Crippen LogP contribution in [0.3, 0.4) is 0 Å². The second kappa shape index (κ2) is 9.10. The van der Waals surface area contributed by atoms with Gasteiger partial charge in [-0.15, -0.1) is 0 Å². The predicted molar refractivity (Wildman–Crippen MR) is 111 cm³/mol. The average molecular weight is 478 g/mol. The lowest BCUT2D eigenvalue weighted by Crippen LogP contribution is -2.36. The van der Waals surface area contributed by atoms with Crippen molar-refractivity contribution in [2.24, 2.45) is 5.73 Å². The maximum atomic E-state index is 12.4.